The van der Waals surface area contributed by atoms with Crippen molar-refractivity contribution in [2.75, 3.05) is 24.7 Å². The molecular formula is C14H14FN5. The zero-order chi connectivity index (χ0) is 14.3. The number of nitrogens with two attached hydrogens (primary N) is 1. The molecule has 6 heteroatoms. The number of benzene rings is 1. The third-order valence-corrected chi connectivity index (χ3v) is 3.03. The van der Waals surface area contributed by atoms with Crippen molar-refractivity contribution < 1.29 is 4.39 Å². The third-order valence-electron chi connectivity index (χ3n) is 3.03. The van der Waals surface area contributed by atoms with Crippen molar-refractivity contribution in [3.8, 4) is 11.4 Å². The molecule has 2 aromatic heterocycles. The van der Waals surface area contributed by atoms with Crippen molar-refractivity contribution in [1.29, 1.82) is 0 Å². The van der Waals surface area contributed by atoms with Gasteiger partial charge in [0.25, 0.3) is 0 Å². The van der Waals surface area contributed by atoms with Crippen molar-refractivity contribution in [2.45, 2.75) is 0 Å². The highest BCUT2D eigenvalue weighted by atomic mass is 19.1. The minimum Gasteiger partial charge on any atom is -0.399 e. The molecule has 0 amide bonds. The molecule has 0 saturated heterocycles. The number of imidazole rings is 1. The van der Waals surface area contributed by atoms with Gasteiger partial charge in [0.1, 0.15) is 17.5 Å². The van der Waals surface area contributed by atoms with Crippen LogP contribution in [0.2, 0.25) is 0 Å². The van der Waals surface area contributed by atoms with Crippen molar-refractivity contribution in [3.05, 3.63) is 36.1 Å². The van der Waals surface area contributed by atoms with Crippen molar-refractivity contribution in [1.82, 2.24) is 15.0 Å². The summed E-state index contributed by atoms with van der Waals surface area (Å²) in [6.45, 7) is 0. The van der Waals surface area contributed by atoms with Gasteiger partial charge in [-0.05, 0) is 30.3 Å². The van der Waals surface area contributed by atoms with Gasteiger partial charge in [-0.3, -0.25) is 0 Å². The number of pyridine rings is 1. The van der Waals surface area contributed by atoms with E-state index in [-0.39, 0.29) is 5.82 Å². The predicted molar refractivity (Wildman–Crippen MR) is 78.0 cm³/mol. The van der Waals surface area contributed by atoms with E-state index in [9.17, 15) is 4.39 Å². The topological polar surface area (TPSA) is 70.8 Å². The summed E-state index contributed by atoms with van der Waals surface area (Å²) in [5.74, 6) is 0.850. The summed E-state index contributed by atoms with van der Waals surface area (Å²) >= 11 is 0. The first kappa shape index (κ1) is 12.4. The van der Waals surface area contributed by atoms with E-state index in [0.717, 1.165) is 11.3 Å². The smallest absolute Gasteiger partial charge is 0.180 e. The highest BCUT2D eigenvalue weighted by Crippen LogP contribution is 2.25. The standard InChI is InChI=1S/C14H14FN5/c1-20(2)12-6-5-11-14(18-12)19-13(17-11)9-7-8(16)3-4-10(9)15/h3-7H,16H2,1-2H3,(H,17,18,19). The first-order chi connectivity index (χ1) is 9.54. The van der Waals surface area contributed by atoms with Gasteiger partial charge >= 0.3 is 0 Å². The van der Waals surface area contributed by atoms with Crippen LogP contribution in [0.1, 0.15) is 0 Å². The Kier molecular flexibility index (Phi) is 2.78. The molecule has 5 nitrogen and oxygen atoms in total. The Bertz CT molecular complexity index is 778. The molecule has 0 unspecified atom stereocenters. The Hall–Kier alpha value is -2.63. The second-order valence-electron chi connectivity index (χ2n) is 4.76. The maximum absolute atomic E-state index is 13.8. The number of hydrogen-bond acceptors (Lipinski definition) is 4. The van der Waals surface area contributed by atoms with Gasteiger partial charge in [-0.2, -0.15) is 0 Å². The molecule has 0 atom stereocenters. The monoisotopic (exact) mass is 271 g/mol. The lowest BCUT2D eigenvalue weighted by molar-refractivity contribution is 0.630. The van der Waals surface area contributed by atoms with Gasteiger partial charge in [-0.1, -0.05) is 0 Å². The summed E-state index contributed by atoms with van der Waals surface area (Å²) in [6, 6.07) is 8.15. The van der Waals surface area contributed by atoms with Crippen molar-refractivity contribution >= 4 is 22.7 Å². The molecule has 0 spiro atoms. The summed E-state index contributed by atoms with van der Waals surface area (Å²) in [6.07, 6.45) is 0. The minimum atomic E-state index is -0.369. The number of fused-ring (bicyclic) bond motifs is 1. The van der Waals surface area contributed by atoms with Gasteiger partial charge in [0, 0.05) is 19.8 Å². The number of nitrogens with one attached hydrogen (secondary N) is 1. The maximum Gasteiger partial charge on any atom is 0.180 e. The van der Waals surface area contributed by atoms with E-state index in [1.165, 1.54) is 12.1 Å². The van der Waals surface area contributed by atoms with Gasteiger partial charge in [-0.15, -0.1) is 0 Å². The lowest BCUT2D eigenvalue weighted by Crippen LogP contribution is -2.10. The summed E-state index contributed by atoms with van der Waals surface area (Å²) in [5.41, 5.74) is 7.83. The van der Waals surface area contributed by atoms with Crippen LogP contribution in [0, 0.1) is 5.82 Å². The number of nitrogen functional groups attached to an aromatic ring is 1. The van der Waals surface area contributed by atoms with E-state index >= 15 is 0 Å². The van der Waals surface area contributed by atoms with Crippen LogP contribution in [-0.2, 0) is 0 Å². The molecule has 0 saturated carbocycles. The van der Waals surface area contributed by atoms with E-state index in [1.54, 1.807) is 6.07 Å². The number of anilines is 2. The number of hydrogen-bond donors (Lipinski definition) is 2. The van der Waals surface area contributed by atoms with E-state index in [4.69, 9.17) is 5.73 Å². The molecule has 0 aliphatic carbocycles. The normalized spacial score (nSPS) is 10.9. The second kappa shape index (κ2) is 4.48. The number of aromatic amines is 1. The van der Waals surface area contributed by atoms with Crippen LogP contribution in [0.4, 0.5) is 15.9 Å². The fourth-order valence-corrected chi connectivity index (χ4v) is 1.98. The zero-order valence-electron chi connectivity index (χ0n) is 11.2. The van der Waals surface area contributed by atoms with Crippen LogP contribution in [0.5, 0.6) is 0 Å². The molecule has 0 aliphatic rings. The predicted octanol–water partition coefficient (Wildman–Crippen LogP) is 2.41. The highest BCUT2D eigenvalue weighted by Gasteiger charge is 2.12. The van der Waals surface area contributed by atoms with Crippen LogP contribution in [-0.4, -0.2) is 29.0 Å². The molecule has 0 fully saturated rings. The number of rotatable bonds is 2. The quantitative estimate of drug-likeness (QED) is 0.702. The van der Waals surface area contributed by atoms with Crippen LogP contribution >= 0.6 is 0 Å². The fraction of sp³-hybridized carbons (Fsp3) is 0.143. The van der Waals surface area contributed by atoms with Gasteiger partial charge < -0.3 is 15.6 Å². The van der Waals surface area contributed by atoms with E-state index in [0.29, 0.717) is 22.7 Å². The van der Waals surface area contributed by atoms with E-state index in [1.807, 2.05) is 31.1 Å². The molecule has 3 aromatic rings. The molecular weight excluding hydrogens is 257 g/mol. The van der Waals surface area contributed by atoms with Gasteiger partial charge in [-0.25, -0.2) is 14.4 Å². The lowest BCUT2D eigenvalue weighted by atomic mass is 10.2. The fourth-order valence-electron chi connectivity index (χ4n) is 1.98. The molecule has 3 rings (SSSR count). The average molecular weight is 271 g/mol. The highest BCUT2D eigenvalue weighted by molar-refractivity contribution is 5.78. The number of H-pyrrole nitrogens is 1. The molecule has 0 aliphatic heterocycles. The largest absolute Gasteiger partial charge is 0.399 e. The minimum absolute atomic E-state index is 0.342. The van der Waals surface area contributed by atoms with Gasteiger partial charge in [0.15, 0.2) is 5.65 Å². The van der Waals surface area contributed by atoms with Crippen molar-refractivity contribution in [3.63, 3.8) is 0 Å². The molecule has 3 N–H and O–H groups in total. The molecule has 0 radical (unpaired) electrons. The average Bonchev–Trinajstić information content (AvgIpc) is 2.83. The van der Waals surface area contributed by atoms with Gasteiger partial charge in [0.2, 0.25) is 0 Å². The van der Waals surface area contributed by atoms with Crippen LogP contribution < -0.4 is 10.6 Å². The summed E-state index contributed by atoms with van der Waals surface area (Å²) in [7, 11) is 3.80. The Morgan fingerprint density at radius 2 is 1.95 bits per heavy atom. The Balaban J connectivity index is 2.15. The first-order valence-corrected chi connectivity index (χ1v) is 6.14. The SMILES string of the molecule is CN(C)c1ccc2[nH]c(-c3cc(N)ccc3F)nc2n1. The maximum atomic E-state index is 13.8. The Morgan fingerprint density at radius 3 is 2.70 bits per heavy atom. The number of aromatic nitrogens is 3. The molecule has 0 bridgehead atoms. The molecule has 1 aromatic carbocycles. The van der Waals surface area contributed by atoms with E-state index < -0.39 is 0 Å². The third kappa shape index (κ3) is 2.05. The van der Waals surface area contributed by atoms with Crippen LogP contribution in [0.15, 0.2) is 30.3 Å². The van der Waals surface area contributed by atoms with E-state index in [2.05, 4.69) is 15.0 Å². The lowest BCUT2D eigenvalue weighted by Gasteiger charge is -2.09. The zero-order valence-corrected chi connectivity index (χ0v) is 11.2. The Morgan fingerprint density at radius 1 is 1.15 bits per heavy atom. The molecule has 20 heavy (non-hydrogen) atoms. The second-order valence-corrected chi connectivity index (χ2v) is 4.76. The first-order valence-electron chi connectivity index (χ1n) is 6.14. The Labute approximate surface area is 115 Å². The van der Waals surface area contributed by atoms with Crippen LogP contribution in [0.3, 0.4) is 0 Å². The number of halogens is 1. The summed E-state index contributed by atoms with van der Waals surface area (Å²) < 4.78 is 13.8. The van der Waals surface area contributed by atoms with Gasteiger partial charge in [0.05, 0.1) is 11.1 Å². The van der Waals surface area contributed by atoms with Crippen LogP contribution in [0.25, 0.3) is 22.6 Å². The molecule has 2 heterocycles. The summed E-state index contributed by atoms with van der Waals surface area (Å²) in [5, 5.41) is 0. The molecule has 102 valence electrons. The van der Waals surface area contributed by atoms with Crippen molar-refractivity contribution in [2.24, 2.45) is 0 Å². The summed E-state index contributed by atoms with van der Waals surface area (Å²) in [4.78, 5) is 13.7. The number of nitrogens with zero attached hydrogens (tertiary/aromatic N) is 3.